The van der Waals surface area contributed by atoms with Gasteiger partial charge < -0.3 is 10.6 Å². The Kier molecular flexibility index (Phi) is 3.97. The molecule has 0 radical (unpaired) electrons. The summed E-state index contributed by atoms with van der Waals surface area (Å²) in [6.07, 6.45) is 2.12. The van der Waals surface area contributed by atoms with Gasteiger partial charge in [-0.2, -0.15) is 0 Å². The SMILES string of the molecule is Cc1ccc(NC(=O)C2NCCCC2C)c(F)c1. The lowest BCUT2D eigenvalue weighted by molar-refractivity contribution is -0.119. The molecule has 2 N–H and O–H groups in total. The Labute approximate surface area is 107 Å². The highest BCUT2D eigenvalue weighted by Crippen LogP contribution is 2.19. The maximum atomic E-state index is 13.6. The number of amides is 1. The highest BCUT2D eigenvalue weighted by molar-refractivity contribution is 5.95. The fourth-order valence-corrected chi connectivity index (χ4v) is 2.33. The van der Waals surface area contributed by atoms with E-state index in [9.17, 15) is 9.18 Å². The van der Waals surface area contributed by atoms with E-state index in [1.54, 1.807) is 12.1 Å². The van der Waals surface area contributed by atoms with Crippen molar-refractivity contribution in [3.05, 3.63) is 29.6 Å². The summed E-state index contributed by atoms with van der Waals surface area (Å²) in [5.41, 5.74) is 1.10. The van der Waals surface area contributed by atoms with Gasteiger partial charge in [0.15, 0.2) is 0 Å². The number of benzene rings is 1. The van der Waals surface area contributed by atoms with E-state index >= 15 is 0 Å². The fraction of sp³-hybridized carbons (Fsp3) is 0.500. The molecule has 2 unspecified atom stereocenters. The first-order chi connectivity index (χ1) is 8.58. The Bertz CT molecular complexity index is 447. The van der Waals surface area contributed by atoms with Gasteiger partial charge in [0, 0.05) is 0 Å². The van der Waals surface area contributed by atoms with Gasteiger partial charge in [-0.25, -0.2) is 4.39 Å². The largest absolute Gasteiger partial charge is 0.322 e. The molecule has 1 heterocycles. The van der Waals surface area contributed by atoms with Crippen LogP contribution in [0, 0.1) is 18.7 Å². The monoisotopic (exact) mass is 250 g/mol. The van der Waals surface area contributed by atoms with E-state index < -0.39 is 0 Å². The minimum atomic E-state index is -0.383. The Morgan fingerprint density at radius 3 is 2.94 bits per heavy atom. The zero-order valence-corrected chi connectivity index (χ0v) is 10.8. The molecule has 1 fully saturated rings. The standard InChI is InChI=1S/C14H19FN2O/c1-9-5-6-12(11(15)8-9)17-14(18)13-10(2)4-3-7-16-13/h5-6,8,10,13,16H,3-4,7H2,1-2H3,(H,17,18). The van der Waals surface area contributed by atoms with Gasteiger partial charge in [0.25, 0.3) is 0 Å². The molecule has 0 saturated carbocycles. The van der Waals surface area contributed by atoms with Gasteiger partial charge in [-0.3, -0.25) is 4.79 Å². The number of carbonyl (C=O) groups is 1. The van der Waals surface area contributed by atoms with Crippen molar-refractivity contribution in [1.29, 1.82) is 0 Å². The van der Waals surface area contributed by atoms with Crippen LogP contribution in [0.3, 0.4) is 0 Å². The van der Waals surface area contributed by atoms with Crippen LogP contribution in [-0.4, -0.2) is 18.5 Å². The number of anilines is 1. The molecule has 1 saturated heterocycles. The summed E-state index contributed by atoms with van der Waals surface area (Å²) in [5.74, 6) is -0.246. The van der Waals surface area contributed by atoms with Gasteiger partial charge >= 0.3 is 0 Å². The molecule has 0 bridgehead atoms. The molecule has 2 rings (SSSR count). The van der Waals surface area contributed by atoms with E-state index in [1.807, 2.05) is 13.8 Å². The van der Waals surface area contributed by atoms with Gasteiger partial charge in [-0.05, 0) is 49.9 Å². The number of carbonyl (C=O) groups excluding carboxylic acids is 1. The normalized spacial score (nSPS) is 23.7. The first-order valence-electron chi connectivity index (χ1n) is 6.38. The van der Waals surface area contributed by atoms with Crippen LogP contribution >= 0.6 is 0 Å². The first-order valence-corrected chi connectivity index (χ1v) is 6.38. The lowest BCUT2D eigenvalue weighted by atomic mass is 9.92. The number of piperidine rings is 1. The van der Waals surface area contributed by atoms with Gasteiger partial charge in [0.05, 0.1) is 11.7 Å². The summed E-state index contributed by atoms with van der Waals surface area (Å²) < 4.78 is 13.6. The van der Waals surface area contributed by atoms with Crippen LogP contribution in [0.1, 0.15) is 25.3 Å². The molecule has 1 aromatic carbocycles. The zero-order valence-electron chi connectivity index (χ0n) is 10.8. The summed E-state index contributed by atoms with van der Waals surface area (Å²) in [6.45, 7) is 4.71. The predicted molar refractivity (Wildman–Crippen MR) is 70.0 cm³/mol. The minimum absolute atomic E-state index is 0.148. The molecule has 98 valence electrons. The molecular weight excluding hydrogens is 231 g/mol. The van der Waals surface area contributed by atoms with E-state index in [1.165, 1.54) is 6.07 Å². The summed E-state index contributed by atoms with van der Waals surface area (Å²) >= 11 is 0. The molecule has 1 aliphatic rings. The quantitative estimate of drug-likeness (QED) is 0.846. The van der Waals surface area contributed by atoms with E-state index in [4.69, 9.17) is 0 Å². The first kappa shape index (κ1) is 13.0. The molecule has 4 heteroatoms. The number of hydrogen-bond acceptors (Lipinski definition) is 2. The van der Waals surface area contributed by atoms with Gasteiger partial charge in [-0.15, -0.1) is 0 Å². The van der Waals surface area contributed by atoms with Crippen molar-refractivity contribution >= 4 is 11.6 Å². The highest BCUT2D eigenvalue weighted by Gasteiger charge is 2.27. The molecule has 3 nitrogen and oxygen atoms in total. The summed E-state index contributed by atoms with van der Waals surface area (Å²) in [7, 11) is 0. The van der Waals surface area contributed by atoms with Crippen molar-refractivity contribution in [2.24, 2.45) is 5.92 Å². The third-order valence-electron chi connectivity index (χ3n) is 3.43. The van der Waals surface area contributed by atoms with Crippen molar-refractivity contribution in [1.82, 2.24) is 5.32 Å². The molecule has 1 aliphatic heterocycles. The third kappa shape index (κ3) is 2.88. The summed E-state index contributed by atoms with van der Waals surface area (Å²) in [4.78, 5) is 12.1. The van der Waals surface area contributed by atoms with E-state index in [2.05, 4.69) is 10.6 Å². The number of hydrogen-bond donors (Lipinski definition) is 2. The second kappa shape index (κ2) is 5.48. The van der Waals surface area contributed by atoms with E-state index in [0.717, 1.165) is 24.9 Å². The summed E-state index contributed by atoms with van der Waals surface area (Å²) in [5, 5.41) is 5.85. The van der Waals surface area contributed by atoms with Gasteiger partial charge in [0.2, 0.25) is 5.91 Å². The van der Waals surface area contributed by atoms with Crippen LogP contribution in [0.15, 0.2) is 18.2 Å². The van der Waals surface area contributed by atoms with Crippen LogP contribution in [0.4, 0.5) is 10.1 Å². The van der Waals surface area contributed by atoms with Crippen LogP contribution < -0.4 is 10.6 Å². The van der Waals surface area contributed by atoms with E-state index in [0.29, 0.717) is 0 Å². The van der Waals surface area contributed by atoms with Crippen LogP contribution in [0.25, 0.3) is 0 Å². The van der Waals surface area contributed by atoms with Crippen molar-refractivity contribution < 1.29 is 9.18 Å². The van der Waals surface area contributed by atoms with Gasteiger partial charge in [0.1, 0.15) is 5.82 Å². The number of nitrogens with one attached hydrogen (secondary N) is 2. The van der Waals surface area contributed by atoms with Crippen molar-refractivity contribution in [2.75, 3.05) is 11.9 Å². The van der Waals surface area contributed by atoms with Crippen molar-refractivity contribution in [3.8, 4) is 0 Å². The Morgan fingerprint density at radius 2 is 2.28 bits per heavy atom. The molecular formula is C14H19FN2O. The molecule has 18 heavy (non-hydrogen) atoms. The Morgan fingerprint density at radius 1 is 1.50 bits per heavy atom. The molecule has 0 aromatic heterocycles. The van der Waals surface area contributed by atoms with Crippen LogP contribution in [0.2, 0.25) is 0 Å². The molecule has 1 amide bonds. The Balaban J connectivity index is 2.06. The summed E-state index contributed by atoms with van der Waals surface area (Å²) in [6, 6.07) is 4.60. The topological polar surface area (TPSA) is 41.1 Å². The molecule has 0 spiro atoms. The third-order valence-corrected chi connectivity index (χ3v) is 3.43. The zero-order chi connectivity index (χ0) is 13.1. The predicted octanol–water partition coefficient (Wildman–Crippen LogP) is 2.46. The minimum Gasteiger partial charge on any atom is -0.322 e. The maximum Gasteiger partial charge on any atom is 0.241 e. The van der Waals surface area contributed by atoms with Crippen molar-refractivity contribution in [2.45, 2.75) is 32.7 Å². The highest BCUT2D eigenvalue weighted by atomic mass is 19.1. The lowest BCUT2D eigenvalue weighted by Crippen LogP contribution is -2.48. The number of rotatable bonds is 2. The smallest absolute Gasteiger partial charge is 0.241 e. The Hall–Kier alpha value is -1.42. The average molecular weight is 250 g/mol. The van der Waals surface area contributed by atoms with Crippen molar-refractivity contribution in [3.63, 3.8) is 0 Å². The lowest BCUT2D eigenvalue weighted by Gasteiger charge is -2.29. The van der Waals surface area contributed by atoms with E-state index in [-0.39, 0.29) is 29.4 Å². The second-order valence-electron chi connectivity index (χ2n) is 5.02. The molecule has 2 atom stereocenters. The average Bonchev–Trinajstić information content (AvgIpc) is 2.33. The van der Waals surface area contributed by atoms with Crippen LogP contribution in [0.5, 0.6) is 0 Å². The van der Waals surface area contributed by atoms with Gasteiger partial charge in [-0.1, -0.05) is 13.0 Å². The van der Waals surface area contributed by atoms with Crippen LogP contribution in [-0.2, 0) is 4.79 Å². The molecule has 0 aliphatic carbocycles. The second-order valence-corrected chi connectivity index (χ2v) is 5.02. The number of aryl methyl sites for hydroxylation is 1. The maximum absolute atomic E-state index is 13.6. The molecule has 1 aromatic rings. The number of halogens is 1. The fourth-order valence-electron chi connectivity index (χ4n) is 2.33.